The van der Waals surface area contributed by atoms with Crippen LogP contribution in [0.4, 0.5) is 8.78 Å². The first-order valence-electron chi connectivity index (χ1n) is 5.70. The van der Waals surface area contributed by atoms with Crippen LogP contribution in [0, 0.1) is 6.92 Å². The molecule has 1 heterocycles. The second-order valence-corrected chi connectivity index (χ2v) is 5.26. The summed E-state index contributed by atoms with van der Waals surface area (Å²) >= 11 is 3.21. The number of alkyl halides is 2. The molecule has 2 rings (SSSR count). The minimum Gasteiger partial charge on any atom is -0.308 e. The molecule has 5 heteroatoms. The predicted molar refractivity (Wildman–Crippen MR) is 73.5 cm³/mol. The third kappa shape index (κ3) is 3.10. The SMILES string of the molecule is Cc1cc(Br)cn(CC(F)(F)c2ccccc2)c1=O. The van der Waals surface area contributed by atoms with Gasteiger partial charge >= 0.3 is 0 Å². The lowest BCUT2D eigenvalue weighted by atomic mass is 10.1. The van der Waals surface area contributed by atoms with Crippen molar-refractivity contribution in [3.8, 4) is 0 Å². The molecular weight excluding hydrogens is 316 g/mol. The first kappa shape index (κ1) is 13.9. The van der Waals surface area contributed by atoms with Crippen LogP contribution in [0.5, 0.6) is 0 Å². The van der Waals surface area contributed by atoms with Crippen molar-refractivity contribution in [3.63, 3.8) is 0 Å². The fraction of sp³-hybridized carbons (Fsp3) is 0.214. The molecule has 1 aromatic heterocycles. The molecule has 0 saturated carbocycles. The number of rotatable bonds is 3. The number of aromatic nitrogens is 1. The molecule has 19 heavy (non-hydrogen) atoms. The highest BCUT2D eigenvalue weighted by atomic mass is 79.9. The molecule has 0 spiro atoms. The highest BCUT2D eigenvalue weighted by Gasteiger charge is 2.32. The maximum absolute atomic E-state index is 14.1. The Morgan fingerprint density at radius 3 is 2.53 bits per heavy atom. The van der Waals surface area contributed by atoms with Crippen LogP contribution in [0.25, 0.3) is 0 Å². The van der Waals surface area contributed by atoms with Crippen molar-refractivity contribution in [1.82, 2.24) is 4.57 Å². The van der Waals surface area contributed by atoms with E-state index in [0.29, 0.717) is 10.0 Å². The van der Waals surface area contributed by atoms with E-state index in [4.69, 9.17) is 0 Å². The van der Waals surface area contributed by atoms with Crippen LogP contribution in [0.2, 0.25) is 0 Å². The van der Waals surface area contributed by atoms with Crippen molar-refractivity contribution in [3.05, 3.63) is 68.5 Å². The van der Waals surface area contributed by atoms with Crippen LogP contribution in [-0.4, -0.2) is 4.57 Å². The Balaban J connectivity index is 2.39. The van der Waals surface area contributed by atoms with E-state index in [1.165, 1.54) is 18.3 Å². The van der Waals surface area contributed by atoms with E-state index >= 15 is 0 Å². The van der Waals surface area contributed by atoms with Gasteiger partial charge in [-0.25, -0.2) is 0 Å². The molecule has 0 saturated heterocycles. The van der Waals surface area contributed by atoms with Gasteiger partial charge in [0.2, 0.25) is 0 Å². The van der Waals surface area contributed by atoms with Gasteiger partial charge in [0.15, 0.2) is 0 Å². The Kier molecular flexibility index (Phi) is 3.85. The summed E-state index contributed by atoms with van der Waals surface area (Å²) in [6.07, 6.45) is 1.38. The molecule has 100 valence electrons. The summed E-state index contributed by atoms with van der Waals surface area (Å²) in [5.41, 5.74) is -0.0726. The first-order valence-corrected chi connectivity index (χ1v) is 6.49. The van der Waals surface area contributed by atoms with Gasteiger partial charge in [-0.3, -0.25) is 4.79 Å². The smallest absolute Gasteiger partial charge is 0.290 e. The molecule has 0 fully saturated rings. The third-order valence-corrected chi connectivity index (χ3v) is 3.23. The zero-order valence-corrected chi connectivity index (χ0v) is 11.8. The number of hydrogen-bond donors (Lipinski definition) is 0. The lowest BCUT2D eigenvalue weighted by Crippen LogP contribution is -2.30. The van der Waals surface area contributed by atoms with E-state index in [1.807, 2.05) is 0 Å². The summed E-state index contributed by atoms with van der Waals surface area (Å²) in [7, 11) is 0. The Bertz CT molecular complexity index is 638. The molecule has 0 unspecified atom stereocenters. The van der Waals surface area contributed by atoms with E-state index in [-0.39, 0.29) is 5.56 Å². The normalized spacial score (nSPS) is 11.6. The molecule has 0 aliphatic carbocycles. The van der Waals surface area contributed by atoms with Gasteiger partial charge < -0.3 is 4.57 Å². The molecule has 0 N–H and O–H groups in total. The fourth-order valence-corrected chi connectivity index (χ4v) is 2.44. The Morgan fingerprint density at radius 2 is 1.89 bits per heavy atom. The van der Waals surface area contributed by atoms with Crippen molar-refractivity contribution < 1.29 is 8.78 Å². The highest BCUT2D eigenvalue weighted by Crippen LogP contribution is 2.29. The van der Waals surface area contributed by atoms with Gasteiger partial charge in [0.25, 0.3) is 11.5 Å². The Hall–Kier alpha value is -1.49. The molecular formula is C14H12BrF2NO. The Morgan fingerprint density at radius 1 is 1.26 bits per heavy atom. The van der Waals surface area contributed by atoms with E-state index < -0.39 is 18.0 Å². The van der Waals surface area contributed by atoms with Gasteiger partial charge in [0.1, 0.15) is 0 Å². The van der Waals surface area contributed by atoms with Gasteiger partial charge in [0, 0.05) is 21.8 Å². The maximum atomic E-state index is 14.1. The first-order chi connectivity index (χ1) is 8.90. The van der Waals surface area contributed by atoms with Gasteiger partial charge in [-0.2, -0.15) is 8.78 Å². The van der Waals surface area contributed by atoms with Crippen LogP contribution in [0.3, 0.4) is 0 Å². The summed E-state index contributed by atoms with van der Waals surface area (Å²) in [4.78, 5) is 11.8. The number of hydrogen-bond acceptors (Lipinski definition) is 1. The molecule has 0 radical (unpaired) electrons. The minimum absolute atomic E-state index is 0.0977. The van der Waals surface area contributed by atoms with Crippen molar-refractivity contribution >= 4 is 15.9 Å². The molecule has 0 aliphatic rings. The van der Waals surface area contributed by atoms with Crippen LogP contribution in [-0.2, 0) is 12.5 Å². The third-order valence-electron chi connectivity index (χ3n) is 2.80. The zero-order valence-electron chi connectivity index (χ0n) is 10.2. The molecule has 0 amide bonds. The fourth-order valence-electron chi connectivity index (χ4n) is 1.84. The Labute approximate surface area is 117 Å². The van der Waals surface area contributed by atoms with E-state index in [2.05, 4.69) is 15.9 Å². The molecule has 2 aromatic rings. The summed E-state index contributed by atoms with van der Waals surface area (Å²) in [5, 5.41) is 0. The highest BCUT2D eigenvalue weighted by molar-refractivity contribution is 9.10. The number of aryl methyl sites for hydroxylation is 1. The van der Waals surface area contributed by atoms with Crippen molar-refractivity contribution in [2.75, 3.05) is 0 Å². The zero-order chi connectivity index (χ0) is 14.0. The van der Waals surface area contributed by atoms with Crippen molar-refractivity contribution in [1.29, 1.82) is 0 Å². The molecule has 0 bridgehead atoms. The molecule has 2 nitrogen and oxygen atoms in total. The van der Waals surface area contributed by atoms with Gasteiger partial charge in [-0.1, -0.05) is 30.3 Å². The largest absolute Gasteiger partial charge is 0.308 e. The summed E-state index contributed by atoms with van der Waals surface area (Å²) < 4.78 is 29.9. The van der Waals surface area contributed by atoms with E-state index in [9.17, 15) is 13.6 Å². The summed E-state index contributed by atoms with van der Waals surface area (Å²) in [6.45, 7) is 0.931. The molecule has 1 aromatic carbocycles. The average Bonchev–Trinajstić information content (AvgIpc) is 2.36. The number of halogens is 3. The summed E-state index contributed by atoms with van der Waals surface area (Å²) in [5.74, 6) is -3.09. The van der Waals surface area contributed by atoms with Gasteiger partial charge in [-0.15, -0.1) is 0 Å². The monoisotopic (exact) mass is 327 g/mol. The number of nitrogens with zero attached hydrogens (tertiary/aromatic N) is 1. The lowest BCUT2D eigenvalue weighted by Gasteiger charge is -2.18. The maximum Gasteiger partial charge on any atom is 0.290 e. The van der Waals surface area contributed by atoms with Crippen LogP contribution in [0.15, 0.2) is 51.9 Å². The van der Waals surface area contributed by atoms with Crippen molar-refractivity contribution in [2.24, 2.45) is 0 Å². The van der Waals surface area contributed by atoms with Gasteiger partial charge in [0.05, 0.1) is 6.54 Å². The summed E-state index contributed by atoms with van der Waals surface area (Å²) in [6, 6.07) is 9.11. The second-order valence-electron chi connectivity index (χ2n) is 4.34. The topological polar surface area (TPSA) is 22.0 Å². The van der Waals surface area contributed by atoms with E-state index in [1.54, 1.807) is 31.2 Å². The minimum atomic E-state index is -3.09. The predicted octanol–water partition coefficient (Wildman–Crippen LogP) is 3.71. The molecule has 0 aliphatic heterocycles. The van der Waals surface area contributed by atoms with Gasteiger partial charge in [-0.05, 0) is 28.9 Å². The van der Waals surface area contributed by atoms with Crippen LogP contribution in [0.1, 0.15) is 11.1 Å². The number of pyridine rings is 1. The lowest BCUT2D eigenvalue weighted by molar-refractivity contribution is -0.0232. The van der Waals surface area contributed by atoms with Crippen molar-refractivity contribution in [2.45, 2.75) is 19.4 Å². The van der Waals surface area contributed by atoms with E-state index in [0.717, 1.165) is 4.57 Å². The second kappa shape index (κ2) is 5.25. The standard InChI is InChI=1S/C14H12BrF2NO/c1-10-7-12(15)8-18(13(10)19)9-14(16,17)11-5-3-2-4-6-11/h2-8H,9H2,1H3. The quantitative estimate of drug-likeness (QED) is 0.842. The number of benzene rings is 1. The van der Waals surface area contributed by atoms with Crippen LogP contribution < -0.4 is 5.56 Å². The van der Waals surface area contributed by atoms with Crippen LogP contribution >= 0.6 is 15.9 Å². The average molecular weight is 328 g/mol. The molecule has 0 atom stereocenters.